The Kier molecular flexibility index (Phi) is 6.51. The monoisotopic (exact) mass is 534 g/mol. The van der Waals surface area contributed by atoms with E-state index < -0.39 is 64.0 Å². The van der Waals surface area contributed by atoms with Gasteiger partial charge in [0, 0.05) is 11.4 Å². The largest absolute Gasteiger partial charge is 0.398 e. The van der Waals surface area contributed by atoms with E-state index in [0.717, 1.165) is 12.1 Å². The third-order valence-electron chi connectivity index (χ3n) is 4.96. The van der Waals surface area contributed by atoms with Crippen molar-refractivity contribution in [3.63, 3.8) is 0 Å². The van der Waals surface area contributed by atoms with Crippen molar-refractivity contribution in [3.05, 3.63) is 59.7 Å². The maximum absolute atomic E-state index is 14.2. The maximum atomic E-state index is 14.2. The fourth-order valence-electron chi connectivity index (χ4n) is 2.89. The van der Waals surface area contributed by atoms with Gasteiger partial charge in [0.25, 0.3) is 0 Å². The van der Waals surface area contributed by atoms with Gasteiger partial charge in [-0.25, -0.2) is 0 Å². The molecule has 0 aliphatic carbocycles. The zero-order chi connectivity index (χ0) is 27.5. The molecule has 0 aliphatic heterocycles. The summed E-state index contributed by atoms with van der Waals surface area (Å²) in [7, 11) is 0. The van der Waals surface area contributed by atoms with Crippen molar-refractivity contribution in [2.45, 2.75) is 41.5 Å². The molecule has 0 radical (unpaired) electrons. The van der Waals surface area contributed by atoms with Gasteiger partial charge in [-0.15, -0.1) is 0 Å². The van der Waals surface area contributed by atoms with Crippen molar-refractivity contribution in [2.24, 2.45) is 0 Å². The molecule has 16 heteroatoms. The van der Waals surface area contributed by atoms with Crippen LogP contribution in [-0.4, -0.2) is 29.6 Å². The predicted octanol–water partition coefficient (Wildman–Crippen LogP) is 6.91. The predicted molar refractivity (Wildman–Crippen MR) is 94.2 cm³/mol. The lowest BCUT2D eigenvalue weighted by molar-refractivity contribution is -0.444. The van der Waals surface area contributed by atoms with Crippen molar-refractivity contribution in [1.82, 2.24) is 0 Å². The molecule has 2 nitrogen and oxygen atoms in total. The van der Waals surface area contributed by atoms with Gasteiger partial charge in [0.1, 0.15) is 0 Å². The van der Waals surface area contributed by atoms with E-state index in [0.29, 0.717) is 24.3 Å². The zero-order valence-electron chi connectivity index (χ0n) is 16.6. The Morgan fingerprint density at radius 1 is 0.371 bits per heavy atom. The van der Waals surface area contributed by atoms with Gasteiger partial charge in [-0.3, -0.25) is 0 Å². The molecule has 196 valence electrons. The average molecular weight is 534 g/mol. The van der Waals surface area contributed by atoms with Crippen LogP contribution in [-0.2, 0) is 11.8 Å². The smallest absolute Gasteiger partial charge is 0.385 e. The van der Waals surface area contributed by atoms with Crippen LogP contribution in [0.5, 0.6) is 0 Å². The van der Waals surface area contributed by atoms with Crippen molar-refractivity contribution >= 4 is 11.4 Å². The summed E-state index contributed by atoms with van der Waals surface area (Å²) in [5, 5.41) is 0. The number of para-hydroxylation sites is 2. The Morgan fingerprint density at radius 2 is 0.600 bits per heavy atom. The number of hydrogen-bond donors (Lipinski definition) is 2. The van der Waals surface area contributed by atoms with Crippen LogP contribution in [0.15, 0.2) is 48.5 Å². The molecule has 0 aliphatic rings. The van der Waals surface area contributed by atoms with E-state index >= 15 is 0 Å². The molecule has 0 saturated carbocycles. The lowest BCUT2D eigenvalue weighted by Gasteiger charge is -2.43. The first-order valence-corrected chi connectivity index (χ1v) is 8.88. The second-order valence-corrected chi connectivity index (χ2v) is 7.20. The first-order valence-electron chi connectivity index (χ1n) is 8.88. The molecule has 0 bridgehead atoms. The van der Waals surface area contributed by atoms with E-state index in [4.69, 9.17) is 11.5 Å². The summed E-state index contributed by atoms with van der Waals surface area (Å²) in [6.07, 6.45) is 0. The molecule has 0 spiro atoms. The molecule has 4 N–H and O–H groups in total. The standard InChI is InChI=1S/C19H12F14N2/c20-13(21,9-5-1-3-7-11(9)34)15(24,25)17(28,29)19(32,33)18(30,31)16(26,27)14(22,23)10-6-2-4-8-12(10)35/h1-8H,34-35H2. The maximum Gasteiger partial charge on any atom is 0.385 e. The number of halogens is 14. The fraction of sp³-hybridized carbons (Fsp3) is 0.368. The van der Waals surface area contributed by atoms with Crippen LogP contribution in [0.3, 0.4) is 0 Å². The van der Waals surface area contributed by atoms with Crippen LogP contribution < -0.4 is 11.5 Å². The Balaban J connectivity index is 2.69. The molecule has 0 saturated heterocycles. The summed E-state index contributed by atoms with van der Waals surface area (Å²) in [5.41, 5.74) is 2.56. The fourth-order valence-corrected chi connectivity index (χ4v) is 2.89. The zero-order valence-corrected chi connectivity index (χ0v) is 16.6. The van der Waals surface area contributed by atoms with Crippen LogP contribution in [0, 0.1) is 0 Å². The van der Waals surface area contributed by atoms with Crippen LogP contribution in [0.25, 0.3) is 0 Å². The average Bonchev–Trinajstić information content (AvgIpc) is 2.73. The minimum Gasteiger partial charge on any atom is -0.398 e. The van der Waals surface area contributed by atoms with Gasteiger partial charge in [-0.2, -0.15) is 61.5 Å². The normalized spacial score (nSPS) is 14.8. The number of nitrogen functional groups attached to an aromatic ring is 2. The van der Waals surface area contributed by atoms with Gasteiger partial charge in [0.2, 0.25) is 0 Å². The number of hydrogen-bond acceptors (Lipinski definition) is 2. The van der Waals surface area contributed by atoms with Gasteiger partial charge in [0.15, 0.2) is 0 Å². The molecule has 2 aromatic carbocycles. The number of rotatable bonds is 8. The Bertz CT molecular complexity index is 997. The van der Waals surface area contributed by atoms with Gasteiger partial charge in [-0.05, 0) is 12.1 Å². The summed E-state index contributed by atoms with van der Waals surface area (Å²) in [4.78, 5) is 0. The highest BCUT2D eigenvalue weighted by Gasteiger charge is 2.93. The lowest BCUT2D eigenvalue weighted by atomic mass is 9.85. The molecule has 0 amide bonds. The van der Waals surface area contributed by atoms with Crippen LogP contribution >= 0.6 is 0 Å². The minimum absolute atomic E-state index is 0.0590. The minimum atomic E-state index is -8.19. The highest BCUT2D eigenvalue weighted by Crippen LogP contribution is 2.65. The first-order chi connectivity index (χ1) is 15.5. The molecule has 0 fully saturated rings. The van der Waals surface area contributed by atoms with E-state index in [1.807, 2.05) is 0 Å². The second-order valence-electron chi connectivity index (χ2n) is 7.20. The third-order valence-corrected chi connectivity index (χ3v) is 4.96. The van der Waals surface area contributed by atoms with E-state index in [9.17, 15) is 61.5 Å². The molecule has 2 rings (SSSR count). The summed E-state index contributed by atoms with van der Waals surface area (Å²) in [6.45, 7) is 0. The Hall–Kier alpha value is -2.94. The number of nitrogens with two attached hydrogens (primary N) is 2. The van der Waals surface area contributed by atoms with E-state index in [-0.39, 0.29) is 12.1 Å². The molecule has 0 heterocycles. The summed E-state index contributed by atoms with van der Waals surface area (Å²) < 4.78 is 198. The summed E-state index contributed by atoms with van der Waals surface area (Å²) >= 11 is 0. The van der Waals surface area contributed by atoms with Crippen molar-refractivity contribution in [3.8, 4) is 0 Å². The molecule has 0 aromatic heterocycles. The van der Waals surface area contributed by atoms with E-state index in [1.54, 1.807) is 0 Å². The lowest BCUT2D eigenvalue weighted by Crippen LogP contribution is -2.72. The molecule has 0 atom stereocenters. The molecule has 2 aromatic rings. The summed E-state index contributed by atoms with van der Waals surface area (Å²) in [6, 6.07) is 3.34. The highest BCUT2D eigenvalue weighted by atomic mass is 19.4. The van der Waals surface area contributed by atoms with Crippen LogP contribution in [0.2, 0.25) is 0 Å². The quantitative estimate of drug-likeness (QED) is 0.286. The van der Waals surface area contributed by atoms with Crippen LogP contribution in [0.1, 0.15) is 11.1 Å². The topological polar surface area (TPSA) is 52.0 Å². The van der Waals surface area contributed by atoms with Gasteiger partial charge < -0.3 is 11.5 Å². The first kappa shape index (κ1) is 28.3. The molecule has 35 heavy (non-hydrogen) atoms. The Labute approximate surface area is 186 Å². The van der Waals surface area contributed by atoms with Gasteiger partial charge >= 0.3 is 41.5 Å². The SMILES string of the molecule is Nc1ccccc1C(F)(F)C(F)(F)C(F)(F)C(F)(F)C(F)(F)C(F)(F)C(F)(F)c1ccccc1N. The third kappa shape index (κ3) is 3.63. The number of anilines is 2. The van der Waals surface area contributed by atoms with Crippen molar-refractivity contribution in [1.29, 1.82) is 0 Å². The molecule has 0 unspecified atom stereocenters. The van der Waals surface area contributed by atoms with Crippen LogP contribution in [0.4, 0.5) is 72.8 Å². The highest BCUT2D eigenvalue weighted by molar-refractivity contribution is 5.51. The van der Waals surface area contributed by atoms with Crippen molar-refractivity contribution < 1.29 is 61.5 Å². The molecular formula is C19H12F14N2. The second kappa shape index (κ2) is 8.05. The van der Waals surface area contributed by atoms with E-state index in [1.165, 1.54) is 0 Å². The van der Waals surface area contributed by atoms with E-state index in [2.05, 4.69) is 0 Å². The summed E-state index contributed by atoms with van der Waals surface area (Å²) in [5.74, 6) is -52.3. The Morgan fingerprint density at radius 3 is 0.857 bits per heavy atom. The van der Waals surface area contributed by atoms with Gasteiger partial charge in [0.05, 0.1) is 11.1 Å². The number of benzene rings is 2. The van der Waals surface area contributed by atoms with Crippen molar-refractivity contribution in [2.75, 3.05) is 11.5 Å². The molecular weight excluding hydrogens is 522 g/mol. The number of alkyl halides is 14. The van der Waals surface area contributed by atoms with Gasteiger partial charge in [-0.1, -0.05) is 36.4 Å².